The van der Waals surface area contributed by atoms with Crippen molar-refractivity contribution in [3.63, 3.8) is 0 Å². The summed E-state index contributed by atoms with van der Waals surface area (Å²) < 4.78 is 5.21. The predicted octanol–water partition coefficient (Wildman–Crippen LogP) is 1.71. The van der Waals surface area contributed by atoms with Crippen LogP contribution in [0, 0.1) is 11.3 Å². The predicted molar refractivity (Wildman–Crippen MR) is 50.1 cm³/mol. The number of rotatable bonds is 5. The van der Waals surface area contributed by atoms with E-state index in [9.17, 15) is 0 Å². The van der Waals surface area contributed by atoms with Crippen LogP contribution in [0.25, 0.3) is 0 Å². The molecule has 0 radical (unpaired) electrons. The van der Waals surface area contributed by atoms with Crippen LogP contribution in [-0.4, -0.2) is 12.6 Å². The third-order valence-corrected chi connectivity index (χ3v) is 1.82. The zero-order valence-corrected chi connectivity index (χ0v) is 7.79. The van der Waals surface area contributed by atoms with Crippen molar-refractivity contribution in [3.8, 4) is 6.07 Å². The number of furan rings is 1. The van der Waals surface area contributed by atoms with E-state index in [1.165, 1.54) is 0 Å². The van der Waals surface area contributed by atoms with E-state index in [0.29, 0.717) is 12.5 Å². The lowest BCUT2D eigenvalue weighted by Gasteiger charge is -2.10. The molecule has 0 spiro atoms. The van der Waals surface area contributed by atoms with E-state index in [4.69, 9.17) is 9.68 Å². The van der Waals surface area contributed by atoms with Crippen molar-refractivity contribution in [1.82, 2.24) is 5.32 Å². The minimum Gasteiger partial charge on any atom is -0.469 e. The zero-order chi connectivity index (χ0) is 9.52. The van der Waals surface area contributed by atoms with Crippen molar-refractivity contribution in [2.75, 3.05) is 6.54 Å². The molecule has 3 heteroatoms. The van der Waals surface area contributed by atoms with Crippen LogP contribution in [0.5, 0.6) is 0 Å². The largest absolute Gasteiger partial charge is 0.469 e. The monoisotopic (exact) mass is 178 g/mol. The van der Waals surface area contributed by atoms with E-state index in [2.05, 4.69) is 18.3 Å². The summed E-state index contributed by atoms with van der Waals surface area (Å²) in [5, 5.41) is 11.6. The molecule has 0 aliphatic carbocycles. The van der Waals surface area contributed by atoms with Crippen molar-refractivity contribution < 1.29 is 4.42 Å². The number of hydrogen-bond acceptors (Lipinski definition) is 3. The van der Waals surface area contributed by atoms with Crippen molar-refractivity contribution in [1.29, 1.82) is 5.26 Å². The maximum Gasteiger partial charge on any atom is 0.105 e. The lowest BCUT2D eigenvalue weighted by Crippen LogP contribution is -2.28. The molecule has 1 aromatic rings. The highest BCUT2D eigenvalue weighted by molar-refractivity contribution is 4.99. The molecule has 1 N–H and O–H groups in total. The van der Waals surface area contributed by atoms with Crippen molar-refractivity contribution >= 4 is 0 Å². The summed E-state index contributed by atoms with van der Waals surface area (Å²) >= 11 is 0. The summed E-state index contributed by atoms with van der Waals surface area (Å²) in [7, 11) is 0. The van der Waals surface area contributed by atoms with Gasteiger partial charge < -0.3 is 9.73 Å². The second-order valence-electron chi connectivity index (χ2n) is 3.05. The second kappa shape index (κ2) is 5.39. The molecular weight excluding hydrogens is 164 g/mol. The Balaban J connectivity index is 2.19. The lowest BCUT2D eigenvalue weighted by atomic mass is 10.2. The van der Waals surface area contributed by atoms with E-state index in [0.717, 1.165) is 18.7 Å². The highest BCUT2D eigenvalue weighted by Crippen LogP contribution is 2.03. The molecule has 0 amide bonds. The van der Waals surface area contributed by atoms with Crippen molar-refractivity contribution in [3.05, 3.63) is 24.2 Å². The number of nitrogens with zero attached hydrogens (tertiary/aromatic N) is 1. The Morgan fingerprint density at radius 1 is 1.69 bits per heavy atom. The van der Waals surface area contributed by atoms with Gasteiger partial charge in [-0.1, -0.05) is 0 Å². The molecule has 1 heterocycles. The fourth-order valence-electron chi connectivity index (χ4n) is 1.18. The highest BCUT2D eigenvalue weighted by atomic mass is 16.3. The molecule has 1 rings (SSSR count). The number of nitriles is 1. The smallest absolute Gasteiger partial charge is 0.105 e. The van der Waals surface area contributed by atoms with Gasteiger partial charge in [0.2, 0.25) is 0 Å². The van der Waals surface area contributed by atoms with Crippen LogP contribution in [0.1, 0.15) is 19.1 Å². The summed E-state index contributed by atoms with van der Waals surface area (Å²) in [5.41, 5.74) is 0. The first kappa shape index (κ1) is 9.82. The molecule has 1 aromatic heterocycles. The fraction of sp³-hybridized carbons (Fsp3) is 0.500. The first-order valence-electron chi connectivity index (χ1n) is 4.45. The molecule has 0 aliphatic rings. The van der Waals surface area contributed by atoms with E-state index in [1.54, 1.807) is 6.26 Å². The number of hydrogen-bond donors (Lipinski definition) is 1. The Kier molecular flexibility index (Phi) is 4.07. The summed E-state index contributed by atoms with van der Waals surface area (Å²) in [4.78, 5) is 0. The van der Waals surface area contributed by atoms with E-state index in [-0.39, 0.29) is 0 Å². The fourth-order valence-corrected chi connectivity index (χ4v) is 1.18. The molecule has 0 aromatic carbocycles. The third-order valence-electron chi connectivity index (χ3n) is 1.82. The molecule has 13 heavy (non-hydrogen) atoms. The normalized spacial score (nSPS) is 12.3. The van der Waals surface area contributed by atoms with Crippen LogP contribution in [0.3, 0.4) is 0 Å². The van der Waals surface area contributed by atoms with Gasteiger partial charge in [0.15, 0.2) is 0 Å². The van der Waals surface area contributed by atoms with Crippen LogP contribution in [0.4, 0.5) is 0 Å². The summed E-state index contributed by atoms with van der Waals surface area (Å²) in [6, 6.07) is 6.30. The first-order chi connectivity index (χ1) is 6.33. The molecule has 1 unspecified atom stereocenters. The van der Waals surface area contributed by atoms with Crippen LogP contribution < -0.4 is 5.32 Å². The molecule has 0 saturated carbocycles. The Bertz CT molecular complexity index is 261. The summed E-state index contributed by atoms with van der Waals surface area (Å²) in [5.74, 6) is 0.983. The third kappa shape index (κ3) is 3.77. The van der Waals surface area contributed by atoms with Gasteiger partial charge in [-0.15, -0.1) is 0 Å². The Hall–Kier alpha value is -1.27. The molecular formula is C10H14N2O. The molecule has 0 fully saturated rings. The van der Waals surface area contributed by atoms with Gasteiger partial charge in [0.05, 0.1) is 12.3 Å². The van der Waals surface area contributed by atoms with Gasteiger partial charge in [-0.25, -0.2) is 0 Å². The van der Waals surface area contributed by atoms with Gasteiger partial charge >= 0.3 is 0 Å². The molecule has 1 atom stereocenters. The van der Waals surface area contributed by atoms with Gasteiger partial charge in [0.1, 0.15) is 5.76 Å². The average molecular weight is 178 g/mol. The zero-order valence-electron chi connectivity index (χ0n) is 7.79. The Morgan fingerprint density at radius 2 is 2.54 bits per heavy atom. The van der Waals surface area contributed by atoms with Crippen LogP contribution in [-0.2, 0) is 6.42 Å². The van der Waals surface area contributed by atoms with Crippen LogP contribution >= 0.6 is 0 Å². The molecule has 0 aliphatic heterocycles. The minimum atomic E-state index is 0.361. The van der Waals surface area contributed by atoms with Gasteiger partial charge in [0.25, 0.3) is 0 Å². The Morgan fingerprint density at radius 3 is 3.15 bits per heavy atom. The van der Waals surface area contributed by atoms with Gasteiger partial charge in [-0.3, -0.25) is 0 Å². The van der Waals surface area contributed by atoms with Gasteiger partial charge in [-0.05, 0) is 19.1 Å². The van der Waals surface area contributed by atoms with E-state index < -0.39 is 0 Å². The standard InChI is InChI=1S/C10H14N2O/c1-9(12-6-3-5-11)8-10-4-2-7-13-10/h2,4,7,9,12H,3,6,8H2,1H3. The highest BCUT2D eigenvalue weighted by Gasteiger charge is 2.03. The van der Waals surface area contributed by atoms with Gasteiger partial charge in [-0.2, -0.15) is 5.26 Å². The molecule has 70 valence electrons. The Labute approximate surface area is 78.4 Å². The summed E-state index contributed by atoms with van der Waals surface area (Å²) in [6.07, 6.45) is 3.11. The van der Waals surface area contributed by atoms with Crippen molar-refractivity contribution in [2.24, 2.45) is 0 Å². The van der Waals surface area contributed by atoms with Crippen molar-refractivity contribution in [2.45, 2.75) is 25.8 Å². The lowest BCUT2D eigenvalue weighted by molar-refractivity contribution is 0.459. The molecule has 3 nitrogen and oxygen atoms in total. The van der Waals surface area contributed by atoms with Gasteiger partial charge in [0, 0.05) is 25.4 Å². The average Bonchev–Trinajstić information content (AvgIpc) is 2.57. The maximum absolute atomic E-state index is 8.33. The maximum atomic E-state index is 8.33. The van der Waals surface area contributed by atoms with E-state index >= 15 is 0 Å². The first-order valence-corrected chi connectivity index (χ1v) is 4.45. The van der Waals surface area contributed by atoms with Crippen LogP contribution in [0.15, 0.2) is 22.8 Å². The summed E-state index contributed by atoms with van der Waals surface area (Å²) in [6.45, 7) is 2.83. The SMILES string of the molecule is CC(Cc1ccco1)NCCC#N. The molecule has 0 saturated heterocycles. The van der Waals surface area contributed by atoms with Crippen LogP contribution in [0.2, 0.25) is 0 Å². The molecule has 0 bridgehead atoms. The van der Waals surface area contributed by atoms with E-state index in [1.807, 2.05) is 12.1 Å². The minimum absolute atomic E-state index is 0.361. The quantitative estimate of drug-likeness (QED) is 0.698. The second-order valence-corrected chi connectivity index (χ2v) is 3.05. The number of nitrogens with one attached hydrogen (secondary N) is 1. The topological polar surface area (TPSA) is 49.0 Å².